The first kappa shape index (κ1) is 30.5. The normalized spacial score (nSPS) is 14.9. The van der Waals surface area contributed by atoms with Crippen molar-refractivity contribution >= 4 is 34.9 Å². The highest BCUT2D eigenvalue weighted by molar-refractivity contribution is 6.31. The van der Waals surface area contributed by atoms with Crippen LogP contribution in [0.4, 0.5) is 11.4 Å². The molecule has 2 aromatic carbocycles. The number of anilines is 1. The second-order valence-corrected chi connectivity index (χ2v) is 9.63. The third kappa shape index (κ3) is 7.12. The van der Waals surface area contributed by atoms with Crippen molar-refractivity contribution < 1.29 is 28.7 Å². The number of carbonyl (C=O) groups is 2. The summed E-state index contributed by atoms with van der Waals surface area (Å²) in [6, 6.07) is 11.5. The van der Waals surface area contributed by atoms with E-state index in [1.54, 1.807) is 13.8 Å². The molecule has 1 atom stereocenters. The van der Waals surface area contributed by atoms with Crippen LogP contribution >= 0.6 is 11.6 Å². The Morgan fingerprint density at radius 2 is 1.60 bits per heavy atom. The summed E-state index contributed by atoms with van der Waals surface area (Å²) < 4.78 is 16.6. The van der Waals surface area contributed by atoms with Gasteiger partial charge in [-0.05, 0) is 63.1 Å². The minimum Gasteiger partial charge on any atom is -0.494 e. The van der Waals surface area contributed by atoms with Crippen molar-refractivity contribution in [2.45, 2.75) is 40.0 Å². The van der Waals surface area contributed by atoms with Gasteiger partial charge in [0.05, 0.1) is 41.7 Å². The number of nitro benzene ring substituents is 1. The quantitative estimate of drug-likeness (QED) is 0.199. The number of rotatable bonds is 12. The summed E-state index contributed by atoms with van der Waals surface area (Å²) in [5, 5.41) is 14.8. The van der Waals surface area contributed by atoms with Gasteiger partial charge >= 0.3 is 11.9 Å². The number of dihydropyridines is 1. The van der Waals surface area contributed by atoms with E-state index in [-0.39, 0.29) is 40.6 Å². The second-order valence-electron chi connectivity index (χ2n) is 9.22. The van der Waals surface area contributed by atoms with E-state index in [0.717, 1.165) is 11.4 Å². The van der Waals surface area contributed by atoms with Crippen LogP contribution in [-0.2, 0) is 19.1 Å². The number of halogens is 1. The standard InChI is InChI=1S/C29H34ClN3O7/c1-6-15-39-28(34)25-18(3)31-19(4)26(27(25)23-17-21(33(36)37)10-13-24(23)30)29(35)40-16-14-32(5)20-8-11-22(12-9-20)38-7-2/h8-13,17,27,31H,6-7,14-16H2,1-5H3. The fraction of sp³-hybridized carbons (Fsp3) is 0.379. The summed E-state index contributed by atoms with van der Waals surface area (Å²) in [5.41, 5.74) is 2.09. The van der Waals surface area contributed by atoms with Crippen LogP contribution in [0.3, 0.4) is 0 Å². The maximum absolute atomic E-state index is 13.5. The molecule has 1 unspecified atom stereocenters. The molecule has 11 heteroatoms. The molecule has 10 nitrogen and oxygen atoms in total. The lowest BCUT2D eigenvalue weighted by atomic mass is 9.80. The Kier molecular flexibility index (Phi) is 10.6. The molecule has 3 rings (SSSR count). The number of hydrogen-bond donors (Lipinski definition) is 1. The number of benzene rings is 2. The Hall–Kier alpha value is -4.05. The summed E-state index contributed by atoms with van der Waals surface area (Å²) in [5.74, 6) is -1.59. The molecule has 0 amide bonds. The molecule has 0 fully saturated rings. The molecule has 0 bridgehead atoms. The Balaban J connectivity index is 1.89. The van der Waals surface area contributed by atoms with Crippen LogP contribution in [0.1, 0.15) is 45.6 Å². The molecule has 0 aromatic heterocycles. The number of nitro groups is 1. The van der Waals surface area contributed by atoms with Crippen molar-refractivity contribution in [3.8, 4) is 5.75 Å². The van der Waals surface area contributed by atoms with Crippen molar-refractivity contribution in [3.05, 3.63) is 85.7 Å². The molecule has 40 heavy (non-hydrogen) atoms. The third-order valence-corrected chi connectivity index (χ3v) is 6.73. The van der Waals surface area contributed by atoms with Gasteiger partial charge in [-0.2, -0.15) is 0 Å². The molecule has 1 aliphatic heterocycles. The summed E-state index contributed by atoms with van der Waals surface area (Å²) in [6.45, 7) is 8.32. The zero-order valence-electron chi connectivity index (χ0n) is 23.3. The summed E-state index contributed by atoms with van der Waals surface area (Å²) in [7, 11) is 1.87. The van der Waals surface area contributed by atoms with Crippen LogP contribution in [0.5, 0.6) is 5.75 Å². The minimum absolute atomic E-state index is 0.0486. The van der Waals surface area contributed by atoms with Gasteiger partial charge in [-0.1, -0.05) is 18.5 Å². The SMILES string of the molecule is CCCOC(=O)C1=C(C)NC(C)=C(C(=O)OCCN(C)c2ccc(OCC)cc2)C1c1cc([N+](=O)[O-])ccc1Cl. The molecule has 0 saturated heterocycles. The average Bonchev–Trinajstić information content (AvgIpc) is 2.91. The van der Waals surface area contributed by atoms with Gasteiger partial charge < -0.3 is 24.4 Å². The van der Waals surface area contributed by atoms with E-state index in [1.807, 2.05) is 50.1 Å². The third-order valence-electron chi connectivity index (χ3n) is 6.39. The number of non-ortho nitro benzene ring substituents is 1. The van der Waals surface area contributed by atoms with E-state index in [9.17, 15) is 19.7 Å². The van der Waals surface area contributed by atoms with Crippen LogP contribution in [0, 0.1) is 10.1 Å². The van der Waals surface area contributed by atoms with Crippen LogP contribution in [-0.4, -0.2) is 50.3 Å². The zero-order chi connectivity index (χ0) is 29.4. The van der Waals surface area contributed by atoms with E-state index >= 15 is 0 Å². The molecule has 2 aromatic rings. The summed E-state index contributed by atoms with van der Waals surface area (Å²) in [4.78, 5) is 39.7. The fourth-order valence-corrected chi connectivity index (χ4v) is 4.66. The number of carbonyl (C=O) groups excluding carboxylic acids is 2. The van der Waals surface area contributed by atoms with E-state index in [1.165, 1.54) is 18.2 Å². The van der Waals surface area contributed by atoms with Crippen molar-refractivity contribution in [1.82, 2.24) is 5.32 Å². The largest absolute Gasteiger partial charge is 0.494 e. The zero-order valence-corrected chi connectivity index (χ0v) is 24.0. The van der Waals surface area contributed by atoms with Crippen molar-refractivity contribution in [2.24, 2.45) is 0 Å². The number of esters is 2. The van der Waals surface area contributed by atoms with Crippen molar-refractivity contribution in [3.63, 3.8) is 0 Å². The molecular formula is C29H34ClN3O7. The first-order valence-electron chi connectivity index (χ1n) is 13.0. The van der Waals surface area contributed by atoms with E-state index in [4.69, 9.17) is 25.8 Å². The van der Waals surface area contributed by atoms with E-state index in [2.05, 4.69) is 5.32 Å². The Labute approximate surface area is 238 Å². The lowest BCUT2D eigenvalue weighted by Crippen LogP contribution is -2.33. The van der Waals surface area contributed by atoms with Gasteiger partial charge in [0.2, 0.25) is 0 Å². The minimum atomic E-state index is -1.03. The highest BCUT2D eigenvalue weighted by Gasteiger charge is 2.39. The highest BCUT2D eigenvalue weighted by Crippen LogP contribution is 2.43. The van der Waals surface area contributed by atoms with Crippen LogP contribution < -0.4 is 15.0 Å². The molecule has 1 heterocycles. The molecule has 0 aliphatic carbocycles. The number of hydrogen-bond acceptors (Lipinski definition) is 9. The fourth-order valence-electron chi connectivity index (χ4n) is 4.43. The Morgan fingerprint density at radius 3 is 2.15 bits per heavy atom. The maximum Gasteiger partial charge on any atom is 0.336 e. The smallest absolute Gasteiger partial charge is 0.336 e. The lowest BCUT2D eigenvalue weighted by Gasteiger charge is -2.31. The average molecular weight is 572 g/mol. The summed E-state index contributed by atoms with van der Waals surface area (Å²) >= 11 is 6.51. The molecule has 0 saturated carbocycles. The monoisotopic (exact) mass is 571 g/mol. The van der Waals surface area contributed by atoms with Gasteiger partial charge in [-0.15, -0.1) is 0 Å². The number of nitrogens with one attached hydrogen (secondary N) is 1. The topological polar surface area (TPSA) is 120 Å². The van der Waals surface area contributed by atoms with Crippen molar-refractivity contribution in [2.75, 3.05) is 38.3 Å². The van der Waals surface area contributed by atoms with Crippen LogP contribution in [0.2, 0.25) is 5.02 Å². The van der Waals surface area contributed by atoms with Gasteiger partial charge in [0.15, 0.2) is 0 Å². The van der Waals surface area contributed by atoms with Gasteiger partial charge in [0.1, 0.15) is 12.4 Å². The second kappa shape index (κ2) is 13.8. The Morgan fingerprint density at radius 1 is 1.00 bits per heavy atom. The van der Waals surface area contributed by atoms with Crippen molar-refractivity contribution in [1.29, 1.82) is 0 Å². The number of likely N-dealkylation sites (N-methyl/N-ethyl adjacent to an activating group) is 1. The predicted molar refractivity (Wildman–Crippen MR) is 152 cm³/mol. The van der Waals surface area contributed by atoms with E-state index in [0.29, 0.717) is 31.0 Å². The first-order chi connectivity index (χ1) is 19.1. The van der Waals surface area contributed by atoms with E-state index < -0.39 is 22.8 Å². The number of allylic oxidation sites excluding steroid dienone is 2. The highest BCUT2D eigenvalue weighted by atomic mass is 35.5. The summed E-state index contributed by atoms with van der Waals surface area (Å²) in [6.07, 6.45) is 0.597. The van der Waals surface area contributed by atoms with Gasteiger partial charge in [0.25, 0.3) is 5.69 Å². The number of nitrogens with zero attached hydrogens (tertiary/aromatic N) is 2. The number of ether oxygens (including phenoxy) is 3. The molecule has 214 valence electrons. The molecule has 0 spiro atoms. The molecule has 1 aliphatic rings. The first-order valence-corrected chi connectivity index (χ1v) is 13.4. The van der Waals surface area contributed by atoms with Crippen LogP contribution in [0.25, 0.3) is 0 Å². The van der Waals surface area contributed by atoms with Gasteiger partial charge in [-0.25, -0.2) is 9.59 Å². The van der Waals surface area contributed by atoms with Crippen LogP contribution in [0.15, 0.2) is 65.0 Å². The lowest BCUT2D eigenvalue weighted by molar-refractivity contribution is -0.384. The van der Waals surface area contributed by atoms with Gasteiger partial charge in [-0.3, -0.25) is 10.1 Å². The van der Waals surface area contributed by atoms with Gasteiger partial charge in [0, 0.05) is 41.3 Å². The molecule has 1 N–H and O–H groups in total. The predicted octanol–water partition coefficient (Wildman–Crippen LogP) is 5.51. The maximum atomic E-state index is 13.5. The molecular weight excluding hydrogens is 538 g/mol. The Bertz CT molecular complexity index is 1320. The molecule has 0 radical (unpaired) electrons.